The molecule has 0 amide bonds. The van der Waals surface area contributed by atoms with E-state index in [-0.39, 0.29) is 5.92 Å². The van der Waals surface area contributed by atoms with Gasteiger partial charge in [-0.25, -0.2) is 0 Å². The summed E-state index contributed by atoms with van der Waals surface area (Å²) in [4.78, 5) is 2.53. The van der Waals surface area contributed by atoms with Crippen LogP contribution in [0.25, 0.3) is 0 Å². The van der Waals surface area contributed by atoms with E-state index in [1.165, 1.54) is 43.6 Å². The Hall–Kier alpha value is -0.200. The zero-order valence-electron chi connectivity index (χ0n) is 10.2. The van der Waals surface area contributed by atoms with E-state index in [1.807, 2.05) is 0 Å². The lowest BCUT2D eigenvalue weighted by Crippen LogP contribution is -2.43. The first-order valence-corrected chi connectivity index (χ1v) is 7.67. The second kappa shape index (κ2) is 5.93. The number of nitriles is 1. The van der Waals surface area contributed by atoms with Crippen molar-refractivity contribution < 1.29 is 0 Å². The number of hydrogen-bond acceptors (Lipinski definition) is 3. The maximum Gasteiger partial charge on any atom is 0.0672 e. The normalized spacial score (nSPS) is 35.9. The monoisotopic (exact) mass is 238 g/mol. The van der Waals surface area contributed by atoms with E-state index < -0.39 is 0 Å². The molecule has 3 atom stereocenters. The molecule has 1 saturated carbocycles. The van der Waals surface area contributed by atoms with Crippen LogP contribution >= 0.6 is 11.8 Å². The molecule has 90 valence electrons. The van der Waals surface area contributed by atoms with Gasteiger partial charge in [-0.15, -0.1) is 0 Å². The minimum atomic E-state index is 0.276. The van der Waals surface area contributed by atoms with E-state index in [0.717, 1.165) is 12.5 Å². The van der Waals surface area contributed by atoms with Gasteiger partial charge in [0.1, 0.15) is 0 Å². The zero-order chi connectivity index (χ0) is 11.4. The van der Waals surface area contributed by atoms with Crippen molar-refractivity contribution >= 4 is 11.8 Å². The van der Waals surface area contributed by atoms with Crippen LogP contribution in [-0.4, -0.2) is 35.5 Å². The predicted octanol–water partition coefficient (Wildman–Crippen LogP) is 2.90. The van der Waals surface area contributed by atoms with Crippen LogP contribution < -0.4 is 0 Å². The zero-order valence-corrected chi connectivity index (χ0v) is 11.0. The third-order valence-corrected chi connectivity index (χ3v) is 5.29. The van der Waals surface area contributed by atoms with Gasteiger partial charge < -0.3 is 0 Å². The Balaban J connectivity index is 2.00. The van der Waals surface area contributed by atoms with Gasteiger partial charge in [0.15, 0.2) is 0 Å². The number of hydrogen-bond donors (Lipinski definition) is 0. The van der Waals surface area contributed by atoms with Crippen molar-refractivity contribution in [2.24, 2.45) is 5.92 Å². The second-order valence-electron chi connectivity index (χ2n) is 5.12. The minimum absolute atomic E-state index is 0.276. The number of rotatable bonds is 2. The third-order valence-electron chi connectivity index (χ3n) is 4.15. The summed E-state index contributed by atoms with van der Waals surface area (Å²) in [5, 5.41) is 9.30. The maximum atomic E-state index is 9.30. The van der Waals surface area contributed by atoms with Gasteiger partial charge in [0.2, 0.25) is 0 Å². The molecule has 2 rings (SSSR count). The van der Waals surface area contributed by atoms with Crippen LogP contribution in [-0.2, 0) is 0 Å². The highest BCUT2D eigenvalue weighted by molar-refractivity contribution is 7.99. The highest BCUT2D eigenvalue weighted by Crippen LogP contribution is 2.31. The molecule has 2 nitrogen and oxygen atoms in total. The molecule has 0 bridgehead atoms. The largest absolute Gasteiger partial charge is 0.298 e. The molecular formula is C13H22N2S. The fourth-order valence-electron chi connectivity index (χ4n) is 3.04. The van der Waals surface area contributed by atoms with E-state index in [9.17, 15) is 5.26 Å². The summed E-state index contributed by atoms with van der Waals surface area (Å²) in [5.41, 5.74) is 0. The SMILES string of the molecule is CN(C1CCSC1)C1CCCCCC1C#N. The molecule has 1 aliphatic heterocycles. The molecule has 0 aromatic carbocycles. The van der Waals surface area contributed by atoms with Crippen molar-refractivity contribution in [1.82, 2.24) is 4.90 Å². The highest BCUT2D eigenvalue weighted by atomic mass is 32.2. The van der Waals surface area contributed by atoms with E-state index in [2.05, 4.69) is 29.8 Å². The van der Waals surface area contributed by atoms with Crippen LogP contribution in [0.15, 0.2) is 0 Å². The van der Waals surface area contributed by atoms with Gasteiger partial charge in [-0.1, -0.05) is 19.3 Å². The van der Waals surface area contributed by atoms with Gasteiger partial charge in [0.05, 0.1) is 12.0 Å². The first kappa shape index (κ1) is 12.3. The van der Waals surface area contributed by atoms with Gasteiger partial charge in [-0.3, -0.25) is 4.90 Å². The molecule has 2 fully saturated rings. The lowest BCUT2D eigenvalue weighted by molar-refractivity contribution is 0.147. The minimum Gasteiger partial charge on any atom is -0.298 e. The molecule has 3 unspecified atom stereocenters. The lowest BCUT2D eigenvalue weighted by atomic mass is 9.94. The van der Waals surface area contributed by atoms with Crippen LogP contribution in [0.1, 0.15) is 38.5 Å². The van der Waals surface area contributed by atoms with Crippen molar-refractivity contribution in [3.05, 3.63) is 0 Å². The molecular weight excluding hydrogens is 216 g/mol. The van der Waals surface area contributed by atoms with Crippen LogP contribution in [0.3, 0.4) is 0 Å². The van der Waals surface area contributed by atoms with Crippen molar-refractivity contribution in [3.8, 4) is 6.07 Å². The molecule has 3 heteroatoms. The van der Waals surface area contributed by atoms with Gasteiger partial charge in [0.25, 0.3) is 0 Å². The molecule has 1 saturated heterocycles. The third kappa shape index (κ3) is 2.73. The highest BCUT2D eigenvalue weighted by Gasteiger charge is 2.32. The molecule has 0 radical (unpaired) electrons. The molecule has 0 spiro atoms. The van der Waals surface area contributed by atoms with Crippen LogP contribution in [0, 0.1) is 17.2 Å². The quantitative estimate of drug-likeness (QED) is 0.692. The first-order chi connectivity index (χ1) is 7.83. The standard InChI is InChI=1S/C13H22N2S/c1-15(12-7-8-16-10-12)13-6-4-2-3-5-11(13)9-14/h11-13H,2-8,10H2,1H3. The first-order valence-electron chi connectivity index (χ1n) is 6.52. The summed E-state index contributed by atoms with van der Waals surface area (Å²) in [6.07, 6.45) is 7.55. The average Bonchev–Trinajstić information content (AvgIpc) is 2.73. The van der Waals surface area contributed by atoms with Crippen molar-refractivity contribution in [2.75, 3.05) is 18.6 Å². The van der Waals surface area contributed by atoms with Gasteiger partial charge >= 0.3 is 0 Å². The second-order valence-corrected chi connectivity index (χ2v) is 6.27. The Bertz CT molecular complexity index is 255. The number of nitrogens with zero attached hydrogens (tertiary/aromatic N) is 2. The van der Waals surface area contributed by atoms with Crippen molar-refractivity contribution in [1.29, 1.82) is 5.26 Å². The Kier molecular flexibility index (Phi) is 4.55. The topological polar surface area (TPSA) is 27.0 Å². The Morgan fingerprint density at radius 1 is 1.19 bits per heavy atom. The van der Waals surface area contributed by atoms with E-state index in [0.29, 0.717) is 6.04 Å². The fraction of sp³-hybridized carbons (Fsp3) is 0.923. The Morgan fingerprint density at radius 3 is 2.69 bits per heavy atom. The summed E-state index contributed by atoms with van der Waals surface area (Å²) in [6, 6.07) is 3.80. The van der Waals surface area contributed by atoms with Gasteiger partial charge in [0, 0.05) is 17.8 Å². The van der Waals surface area contributed by atoms with Crippen LogP contribution in [0.5, 0.6) is 0 Å². The Morgan fingerprint density at radius 2 is 2.00 bits per heavy atom. The molecule has 1 aliphatic carbocycles. The fourth-order valence-corrected chi connectivity index (χ4v) is 4.32. The van der Waals surface area contributed by atoms with E-state index >= 15 is 0 Å². The molecule has 16 heavy (non-hydrogen) atoms. The molecule has 2 aliphatic rings. The maximum absolute atomic E-state index is 9.30. The summed E-state index contributed by atoms with van der Waals surface area (Å²) in [5.74, 6) is 2.85. The molecule has 1 heterocycles. The average molecular weight is 238 g/mol. The predicted molar refractivity (Wildman–Crippen MR) is 69.5 cm³/mol. The summed E-state index contributed by atoms with van der Waals surface area (Å²) in [6.45, 7) is 0. The van der Waals surface area contributed by atoms with Crippen molar-refractivity contribution in [3.63, 3.8) is 0 Å². The van der Waals surface area contributed by atoms with Gasteiger partial charge in [-0.05, 0) is 32.1 Å². The van der Waals surface area contributed by atoms with E-state index in [1.54, 1.807) is 0 Å². The summed E-state index contributed by atoms with van der Waals surface area (Å²) in [7, 11) is 2.25. The molecule has 0 N–H and O–H groups in total. The summed E-state index contributed by atoms with van der Waals surface area (Å²) >= 11 is 2.06. The lowest BCUT2D eigenvalue weighted by Gasteiger charge is -2.34. The van der Waals surface area contributed by atoms with Crippen molar-refractivity contribution in [2.45, 2.75) is 50.6 Å². The smallest absolute Gasteiger partial charge is 0.0672 e. The summed E-state index contributed by atoms with van der Waals surface area (Å²) < 4.78 is 0. The van der Waals surface area contributed by atoms with Crippen LogP contribution in [0.2, 0.25) is 0 Å². The molecule has 0 aromatic rings. The molecule has 0 aromatic heterocycles. The number of thioether (sulfide) groups is 1. The van der Waals surface area contributed by atoms with Crippen LogP contribution in [0.4, 0.5) is 0 Å². The Labute approximate surface area is 103 Å². The van der Waals surface area contributed by atoms with E-state index in [4.69, 9.17) is 0 Å². The van der Waals surface area contributed by atoms with Gasteiger partial charge in [-0.2, -0.15) is 17.0 Å².